The lowest BCUT2D eigenvalue weighted by Crippen LogP contribution is -2.42. The van der Waals surface area contributed by atoms with E-state index in [4.69, 9.17) is 37.9 Å². The maximum atomic E-state index is 10.1. The van der Waals surface area contributed by atoms with Crippen LogP contribution in [0.4, 0.5) is 5.82 Å². The van der Waals surface area contributed by atoms with Crippen molar-refractivity contribution in [3.63, 3.8) is 0 Å². The van der Waals surface area contributed by atoms with Gasteiger partial charge in [-0.05, 0) is 49.7 Å². The van der Waals surface area contributed by atoms with E-state index in [-0.39, 0.29) is 6.61 Å². The molecule has 0 amide bonds. The van der Waals surface area contributed by atoms with Gasteiger partial charge in [-0.2, -0.15) is 0 Å². The van der Waals surface area contributed by atoms with Crippen molar-refractivity contribution in [3.05, 3.63) is 33.6 Å². The summed E-state index contributed by atoms with van der Waals surface area (Å²) in [7, 11) is 1.55. The Hall–Kier alpha value is -1.56. The average molecular weight is 450 g/mol. The van der Waals surface area contributed by atoms with Gasteiger partial charge in [0.1, 0.15) is 16.5 Å². The van der Waals surface area contributed by atoms with E-state index >= 15 is 0 Å². The van der Waals surface area contributed by atoms with Crippen molar-refractivity contribution in [1.82, 2.24) is 9.97 Å². The van der Waals surface area contributed by atoms with Crippen molar-refractivity contribution in [2.45, 2.75) is 52.6 Å². The fourth-order valence-corrected chi connectivity index (χ4v) is 5.74. The Balaban J connectivity index is 1.65. The molecule has 1 saturated heterocycles. The van der Waals surface area contributed by atoms with Crippen LogP contribution in [0.5, 0.6) is 5.75 Å². The Morgan fingerprint density at radius 3 is 2.50 bits per heavy atom. The number of aryl methyl sites for hydroxylation is 1. The van der Waals surface area contributed by atoms with Gasteiger partial charge in [-0.1, -0.05) is 43.0 Å². The minimum absolute atomic E-state index is 0.171. The molecule has 1 atom stereocenters. The number of aliphatic hydroxyl groups is 1. The van der Waals surface area contributed by atoms with E-state index in [1.807, 2.05) is 13.0 Å². The molecule has 1 N–H and O–H groups in total. The third-order valence-electron chi connectivity index (χ3n) is 7.21. The lowest BCUT2D eigenvalue weighted by atomic mass is 9.71. The highest BCUT2D eigenvalue weighted by Crippen LogP contribution is 2.50. The minimum Gasteiger partial charge on any atom is -0.495 e. The summed E-state index contributed by atoms with van der Waals surface area (Å²) in [5.41, 5.74) is 3.15. The number of halogens is 2. The van der Waals surface area contributed by atoms with E-state index in [9.17, 15) is 5.11 Å². The Labute approximate surface area is 188 Å². The van der Waals surface area contributed by atoms with Gasteiger partial charge >= 0.3 is 0 Å². The van der Waals surface area contributed by atoms with Crippen LogP contribution in [0.15, 0.2) is 12.1 Å². The first-order valence-electron chi connectivity index (χ1n) is 10.7. The van der Waals surface area contributed by atoms with Crippen LogP contribution < -0.4 is 9.64 Å². The largest absolute Gasteiger partial charge is 0.495 e. The van der Waals surface area contributed by atoms with E-state index in [0.29, 0.717) is 38.2 Å². The second kappa shape index (κ2) is 8.52. The van der Waals surface area contributed by atoms with Crippen molar-refractivity contribution < 1.29 is 9.84 Å². The lowest BCUT2D eigenvalue weighted by molar-refractivity contribution is 0.161. The number of hydrogen-bond acceptors (Lipinski definition) is 5. The standard InChI is InChI=1S/C23H29Cl2N3O2/c1-14-5-4-8-23(14)9-11-28(12-10-23)22-17(13-29)27-21(15(2)26-22)16-6-7-18(30-3)20(25)19(16)24/h6-7,14,29H,4-5,8-13H2,1-3H3/t14-/m1/s1. The second-order valence-corrected chi connectivity index (χ2v) is 9.43. The lowest BCUT2D eigenvalue weighted by Gasteiger charge is -2.43. The van der Waals surface area contributed by atoms with Crippen LogP contribution in [0.1, 0.15) is 50.4 Å². The van der Waals surface area contributed by atoms with Gasteiger partial charge in [-0.3, -0.25) is 0 Å². The van der Waals surface area contributed by atoms with Crippen LogP contribution in [0.2, 0.25) is 10.0 Å². The van der Waals surface area contributed by atoms with E-state index in [0.717, 1.165) is 30.5 Å². The zero-order valence-corrected chi connectivity index (χ0v) is 19.4. The van der Waals surface area contributed by atoms with Crippen molar-refractivity contribution >= 4 is 29.0 Å². The number of nitrogens with zero attached hydrogens (tertiary/aromatic N) is 3. The van der Waals surface area contributed by atoms with Crippen molar-refractivity contribution in [1.29, 1.82) is 0 Å². The molecule has 2 fully saturated rings. The molecule has 1 aliphatic carbocycles. The summed E-state index contributed by atoms with van der Waals surface area (Å²) in [4.78, 5) is 11.9. The van der Waals surface area contributed by atoms with Gasteiger partial charge in [-0.25, -0.2) is 9.97 Å². The molecule has 1 aromatic heterocycles. The van der Waals surface area contributed by atoms with Gasteiger partial charge in [0.05, 0.1) is 30.1 Å². The number of methoxy groups -OCH3 is 1. The van der Waals surface area contributed by atoms with E-state index < -0.39 is 0 Å². The summed E-state index contributed by atoms with van der Waals surface area (Å²) in [6.45, 7) is 6.07. The number of ether oxygens (including phenoxy) is 1. The van der Waals surface area contributed by atoms with Crippen molar-refractivity contribution in [2.24, 2.45) is 11.3 Å². The maximum Gasteiger partial charge on any atom is 0.153 e. The Bertz CT molecular complexity index is 943. The normalized spacial score (nSPS) is 20.7. The first kappa shape index (κ1) is 21.7. The van der Waals surface area contributed by atoms with E-state index in [1.165, 1.54) is 32.1 Å². The molecule has 2 heterocycles. The SMILES string of the molecule is COc1ccc(-c2nc(CO)c(N3CCC4(CCC[C@H]4C)CC3)nc2C)c(Cl)c1Cl. The van der Waals surface area contributed by atoms with Crippen LogP contribution in [-0.4, -0.2) is 35.3 Å². The van der Waals surface area contributed by atoms with Gasteiger partial charge in [0.15, 0.2) is 5.82 Å². The predicted octanol–water partition coefficient (Wildman–Crippen LogP) is 5.67. The first-order chi connectivity index (χ1) is 14.4. The summed E-state index contributed by atoms with van der Waals surface area (Å²) >= 11 is 12.8. The van der Waals surface area contributed by atoms with Gasteiger partial charge < -0.3 is 14.7 Å². The monoisotopic (exact) mass is 449 g/mol. The summed E-state index contributed by atoms with van der Waals surface area (Å²) in [6.07, 6.45) is 6.40. The van der Waals surface area contributed by atoms with E-state index in [2.05, 4.69) is 11.8 Å². The topological polar surface area (TPSA) is 58.5 Å². The highest BCUT2D eigenvalue weighted by atomic mass is 35.5. The molecule has 2 aliphatic rings. The highest BCUT2D eigenvalue weighted by molar-refractivity contribution is 6.44. The van der Waals surface area contributed by atoms with Crippen molar-refractivity contribution in [3.8, 4) is 17.0 Å². The fourth-order valence-electron chi connectivity index (χ4n) is 5.25. The summed E-state index contributed by atoms with van der Waals surface area (Å²) in [5, 5.41) is 10.8. The molecule has 1 spiro atoms. The molecule has 5 nitrogen and oxygen atoms in total. The van der Waals surface area contributed by atoms with E-state index in [1.54, 1.807) is 13.2 Å². The smallest absolute Gasteiger partial charge is 0.153 e. The van der Waals surface area contributed by atoms with Crippen molar-refractivity contribution in [2.75, 3.05) is 25.1 Å². The maximum absolute atomic E-state index is 10.1. The predicted molar refractivity (Wildman–Crippen MR) is 122 cm³/mol. The number of rotatable bonds is 4. The molecule has 2 aromatic rings. The van der Waals surface area contributed by atoms with Gasteiger partial charge in [-0.15, -0.1) is 0 Å². The molecule has 162 valence electrons. The van der Waals surface area contributed by atoms with Crippen LogP contribution in [0.25, 0.3) is 11.3 Å². The highest BCUT2D eigenvalue weighted by Gasteiger charge is 2.42. The third kappa shape index (κ3) is 3.65. The van der Waals surface area contributed by atoms with Crippen LogP contribution >= 0.6 is 23.2 Å². The molecule has 0 radical (unpaired) electrons. The number of piperidine rings is 1. The minimum atomic E-state index is -0.171. The first-order valence-corrected chi connectivity index (χ1v) is 11.4. The molecule has 1 saturated carbocycles. The number of benzene rings is 1. The Kier molecular flexibility index (Phi) is 6.16. The van der Waals surface area contributed by atoms with Gasteiger partial charge in [0, 0.05) is 18.7 Å². The molecule has 0 unspecified atom stereocenters. The zero-order valence-electron chi connectivity index (χ0n) is 17.8. The zero-order chi connectivity index (χ0) is 21.5. The molecular weight excluding hydrogens is 421 g/mol. The Morgan fingerprint density at radius 1 is 1.17 bits per heavy atom. The number of anilines is 1. The molecular formula is C23H29Cl2N3O2. The second-order valence-electron chi connectivity index (χ2n) is 8.67. The molecule has 30 heavy (non-hydrogen) atoms. The average Bonchev–Trinajstić information content (AvgIpc) is 3.10. The number of aromatic nitrogens is 2. The summed E-state index contributed by atoms with van der Waals surface area (Å²) < 4.78 is 5.24. The molecule has 7 heteroatoms. The molecule has 0 bridgehead atoms. The molecule has 1 aromatic carbocycles. The quantitative estimate of drug-likeness (QED) is 0.651. The Morgan fingerprint density at radius 2 is 1.90 bits per heavy atom. The number of hydrogen-bond donors (Lipinski definition) is 1. The summed E-state index contributed by atoms with van der Waals surface area (Å²) in [6, 6.07) is 3.60. The van der Waals surface area contributed by atoms with Gasteiger partial charge in [0.25, 0.3) is 0 Å². The van der Waals surface area contributed by atoms with Crippen LogP contribution in [-0.2, 0) is 6.61 Å². The third-order valence-corrected chi connectivity index (χ3v) is 8.07. The fraction of sp³-hybridized carbons (Fsp3) is 0.565. The molecule has 1 aliphatic heterocycles. The van der Waals surface area contributed by atoms with Crippen LogP contribution in [0, 0.1) is 18.3 Å². The summed E-state index contributed by atoms with van der Waals surface area (Å²) in [5.74, 6) is 2.10. The number of aliphatic hydroxyl groups excluding tert-OH is 1. The van der Waals surface area contributed by atoms with Gasteiger partial charge in [0.2, 0.25) is 0 Å². The molecule has 4 rings (SSSR count). The van der Waals surface area contributed by atoms with Crippen LogP contribution in [0.3, 0.4) is 0 Å².